The topological polar surface area (TPSA) is 96.0 Å². The standard InChI is InChI=1S/C34H37NO7Si/c1-22-34(35-30(40-22)24-17-19-25(38-6)20-18-24)29(41-23(2)36)28-33(42-28,31(34)37)21-39-43(32(3,4)5,26-13-9-7-10-14-26)27-15-11-8-12-16-27/h7-20,22,28-29H,21H2,1-6H3/t22-,28+,29+,33+,34-/m0/s1. The van der Waals surface area contributed by atoms with Crippen LogP contribution in [0.4, 0.5) is 0 Å². The highest BCUT2D eigenvalue weighted by molar-refractivity contribution is 6.99. The summed E-state index contributed by atoms with van der Waals surface area (Å²) in [6.45, 7) is 9.66. The Morgan fingerprint density at radius 3 is 2.05 bits per heavy atom. The molecule has 0 N–H and O–H groups in total. The van der Waals surface area contributed by atoms with Crippen molar-refractivity contribution in [1.82, 2.24) is 0 Å². The number of carbonyl (C=O) groups is 2. The van der Waals surface area contributed by atoms with Gasteiger partial charge in [-0.1, -0.05) is 81.4 Å². The van der Waals surface area contributed by atoms with Crippen LogP contribution in [-0.4, -0.2) is 69.1 Å². The minimum Gasteiger partial charge on any atom is -0.497 e. The van der Waals surface area contributed by atoms with Crippen molar-refractivity contribution in [2.45, 2.75) is 69.1 Å². The smallest absolute Gasteiger partial charge is 0.303 e. The lowest BCUT2D eigenvalue weighted by Crippen LogP contribution is -2.67. The number of epoxide rings is 1. The van der Waals surface area contributed by atoms with E-state index in [2.05, 4.69) is 45.0 Å². The number of aliphatic imine (C=N–C) groups is 1. The number of Topliss-reactive ketones (excluding diaryl/α,β-unsaturated/α-hetero) is 1. The lowest BCUT2D eigenvalue weighted by atomic mass is 9.87. The largest absolute Gasteiger partial charge is 0.497 e. The molecule has 0 bridgehead atoms. The fraction of sp³-hybridized carbons (Fsp3) is 0.382. The van der Waals surface area contributed by atoms with Crippen molar-refractivity contribution in [3.63, 3.8) is 0 Å². The Morgan fingerprint density at radius 2 is 1.53 bits per heavy atom. The Bertz CT molecular complexity index is 1510. The Hall–Kier alpha value is -3.79. The van der Waals surface area contributed by atoms with Crippen molar-refractivity contribution in [2.24, 2.45) is 4.99 Å². The van der Waals surface area contributed by atoms with E-state index in [1.165, 1.54) is 6.92 Å². The number of rotatable bonds is 8. The van der Waals surface area contributed by atoms with Crippen LogP contribution in [0.25, 0.3) is 0 Å². The quantitative estimate of drug-likeness (QED) is 0.221. The lowest BCUT2D eigenvalue weighted by Gasteiger charge is -2.43. The summed E-state index contributed by atoms with van der Waals surface area (Å²) in [6, 6.07) is 27.7. The first-order valence-corrected chi connectivity index (χ1v) is 16.5. The summed E-state index contributed by atoms with van der Waals surface area (Å²) in [5.74, 6) is 0.195. The van der Waals surface area contributed by atoms with Gasteiger partial charge in [-0.2, -0.15) is 0 Å². The predicted octanol–water partition coefficient (Wildman–Crippen LogP) is 3.83. The van der Waals surface area contributed by atoms with Gasteiger partial charge < -0.3 is 23.4 Å². The molecule has 3 aromatic carbocycles. The molecule has 8 nitrogen and oxygen atoms in total. The highest BCUT2D eigenvalue weighted by Crippen LogP contribution is 2.58. The van der Waals surface area contributed by atoms with E-state index in [4.69, 9.17) is 28.4 Å². The molecule has 1 saturated heterocycles. The molecule has 5 atom stereocenters. The van der Waals surface area contributed by atoms with Crippen LogP contribution in [0, 0.1) is 0 Å². The average Bonchev–Trinajstić information content (AvgIpc) is 3.57. The van der Waals surface area contributed by atoms with Gasteiger partial charge in [-0.05, 0) is 46.6 Å². The highest BCUT2D eigenvalue weighted by Gasteiger charge is 2.84. The van der Waals surface area contributed by atoms with Gasteiger partial charge in [0.1, 0.15) is 18.0 Å². The van der Waals surface area contributed by atoms with Crippen LogP contribution in [0.3, 0.4) is 0 Å². The zero-order valence-corrected chi connectivity index (χ0v) is 26.3. The molecule has 0 aromatic heterocycles. The maximum absolute atomic E-state index is 14.6. The molecule has 0 amide bonds. The van der Waals surface area contributed by atoms with Gasteiger partial charge in [-0.15, -0.1) is 0 Å². The first-order valence-electron chi connectivity index (χ1n) is 14.6. The fourth-order valence-electron chi connectivity index (χ4n) is 6.81. The van der Waals surface area contributed by atoms with E-state index in [0.29, 0.717) is 17.2 Å². The maximum atomic E-state index is 14.6. The zero-order valence-electron chi connectivity index (χ0n) is 25.3. The van der Waals surface area contributed by atoms with Gasteiger partial charge in [0.2, 0.25) is 17.2 Å². The third-order valence-corrected chi connectivity index (χ3v) is 13.9. The number of methoxy groups -OCH3 is 1. The van der Waals surface area contributed by atoms with Crippen LogP contribution < -0.4 is 15.1 Å². The lowest BCUT2D eigenvalue weighted by molar-refractivity contribution is -0.156. The molecule has 3 aromatic rings. The molecule has 1 spiro atoms. The number of nitrogens with zero attached hydrogens (tertiary/aromatic N) is 1. The summed E-state index contributed by atoms with van der Waals surface area (Å²) >= 11 is 0. The van der Waals surface area contributed by atoms with E-state index in [0.717, 1.165) is 10.4 Å². The van der Waals surface area contributed by atoms with Gasteiger partial charge in [-0.25, -0.2) is 4.99 Å². The van der Waals surface area contributed by atoms with Crippen LogP contribution in [0.5, 0.6) is 5.75 Å². The summed E-state index contributed by atoms with van der Waals surface area (Å²) in [5, 5.41) is 1.89. The van der Waals surface area contributed by atoms with E-state index in [9.17, 15) is 9.59 Å². The summed E-state index contributed by atoms with van der Waals surface area (Å²) in [6.07, 6.45) is -2.35. The number of benzene rings is 3. The number of ether oxygens (including phenoxy) is 4. The summed E-state index contributed by atoms with van der Waals surface area (Å²) in [4.78, 5) is 31.8. The van der Waals surface area contributed by atoms with Crippen molar-refractivity contribution in [3.05, 3.63) is 90.5 Å². The molecule has 0 unspecified atom stereocenters. The normalized spacial score (nSPS) is 27.8. The molecule has 0 radical (unpaired) electrons. The first-order chi connectivity index (χ1) is 20.5. The van der Waals surface area contributed by atoms with Gasteiger partial charge in [0, 0.05) is 12.5 Å². The second-order valence-electron chi connectivity index (χ2n) is 12.5. The molecule has 2 fully saturated rings. The molecule has 3 aliphatic rings. The van der Waals surface area contributed by atoms with Crippen molar-refractivity contribution in [2.75, 3.05) is 13.7 Å². The predicted molar refractivity (Wildman–Crippen MR) is 165 cm³/mol. The fourth-order valence-corrected chi connectivity index (χ4v) is 11.4. The molecule has 2 heterocycles. The second kappa shape index (κ2) is 10.4. The van der Waals surface area contributed by atoms with Gasteiger partial charge in [-0.3, -0.25) is 9.59 Å². The molecule has 2 aliphatic heterocycles. The SMILES string of the molecule is COc1ccc(C2=N[C@@]3(C(=O)[C@]4(CO[Si](c5ccccc5)(c5ccccc5)C(C)(C)C)O[C@@H]4[C@H]3OC(C)=O)[C@H](C)O2)cc1. The Labute approximate surface area is 253 Å². The van der Waals surface area contributed by atoms with Crippen LogP contribution >= 0.6 is 0 Å². The summed E-state index contributed by atoms with van der Waals surface area (Å²) in [7, 11) is -1.39. The third kappa shape index (κ3) is 4.44. The molecule has 224 valence electrons. The number of hydrogen-bond acceptors (Lipinski definition) is 8. The van der Waals surface area contributed by atoms with E-state index < -0.39 is 43.7 Å². The second-order valence-corrected chi connectivity index (χ2v) is 16.8. The Kier molecular flexibility index (Phi) is 7.10. The minimum atomic E-state index is -2.98. The zero-order chi connectivity index (χ0) is 30.6. The number of carbonyl (C=O) groups excluding carboxylic acids is 2. The monoisotopic (exact) mass is 599 g/mol. The maximum Gasteiger partial charge on any atom is 0.303 e. The van der Waals surface area contributed by atoms with E-state index in [-0.39, 0.29) is 17.4 Å². The molecular formula is C34H37NO7Si. The summed E-state index contributed by atoms with van der Waals surface area (Å²) < 4.78 is 30.6. The molecule has 1 aliphatic carbocycles. The van der Waals surface area contributed by atoms with E-state index >= 15 is 0 Å². The van der Waals surface area contributed by atoms with E-state index in [1.54, 1.807) is 26.2 Å². The Morgan fingerprint density at radius 1 is 0.953 bits per heavy atom. The van der Waals surface area contributed by atoms with Crippen LogP contribution in [0.1, 0.15) is 40.2 Å². The van der Waals surface area contributed by atoms with Crippen molar-refractivity contribution in [3.8, 4) is 5.75 Å². The number of esters is 1. The van der Waals surface area contributed by atoms with Crippen LogP contribution in [0.2, 0.25) is 5.04 Å². The number of fused-ring (bicyclic) bond motifs is 1. The molecule has 6 rings (SSSR count). The van der Waals surface area contributed by atoms with Crippen LogP contribution in [0.15, 0.2) is 89.9 Å². The van der Waals surface area contributed by atoms with E-state index in [1.807, 2.05) is 48.5 Å². The molecular weight excluding hydrogens is 562 g/mol. The number of hydrogen-bond donors (Lipinski definition) is 0. The minimum absolute atomic E-state index is 0.00338. The highest BCUT2D eigenvalue weighted by atomic mass is 28.4. The van der Waals surface area contributed by atoms with Gasteiger partial charge in [0.05, 0.1) is 13.7 Å². The number of ketones is 1. The average molecular weight is 600 g/mol. The van der Waals surface area contributed by atoms with Gasteiger partial charge >= 0.3 is 5.97 Å². The molecule has 43 heavy (non-hydrogen) atoms. The van der Waals surface area contributed by atoms with Crippen molar-refractivity contribution < 1.29 is 33.0 Å². The Balaban J connectivity index is 1.41. The van der Waals surface area contributed by atoms with Crippen molar-refractivity contribution >= 4 is 36.3 Å². The third-order valence-electron chi connectivity index (χ3n) is 8.94. The summed E-state index contributed by atoms with van der Waals surface area (Å²) in [5.41, 5.74) is -2.08. The van der Waals surface area contributed by atoms with Gasteiger partial charge in [0.25, 0.3) is 8.32 Å². The van der Waals surface area contributed by atoms with Crippen LogP contribution in [-0.2, 0) is 28.2 Å². The molecule has 9 heteroatoms. The van der Waals surface area contributed by atoms with Crippen molar-refractivity contribution in [1.29, 1.82) is 0 Å². The molecule has 1 saturated carbocycles. The first kappa shape index (κ1) is 29.3. The van der Waals surface area contributed by atoms with Gasteiger partial charge in [0.15, 0.2) is 11.7 Å².